The number of aliphatic carboxylic acids is 1. The highest BCUT2D eigenvalue weighted by atomic mass is 16.7. The number of carbonyl (C=O) groups excluding carboxylic acids is 1. The van der Waals surface area contributed by atoms with Gasteiger partial charge in [-0.1, -0.05) is 13.8 Å². The molecule has 0 bridgehead atoms. The molecule has 0 heterocycles. The molecule has 0 spiro atoms. The van der Waals surface area contributed by atoms with Gasteiger partial charge in [0.25, 0.3) is 0 Å². The maximum absolute atomic E-state index is 11.6. The van der Waals surface area contributed by atoms with Gasteiger partial charge in [-0.2, -0.15) is 0 Å². The maximum Gasteiger partial charge on any atom is 0.310 e. The molecule has 0 aliphatic carbocycles. The molecule has 0 aromatic rings. The summed E-state index contributed by atoms with van der Waals surface area (Å²) in [6.07, 6.45) is -0.101. The Balaban J connectivity index is 4.49. The molecule has 5 nitrogen and oxygen atoms in total. The molecule has 0 aliphatic rings. The molecule has 0 saturated carbocycles. The third-order valence-corrected chi connectivity index (χ3v) is 2.76. The van der Waals surface area contributed by atoms with Gasteiger partial charge < -0.3 is 5.11 Å². The van der Waals surface area contributed by atoms with Crippen LogP contribution in [0.5, 0.6) is 0 Å². The van der Waals surface area contributed by atoms with Crippen LogP contribution in [-0.2, 0) is 14.4 Å². The molecular weight excluding hydrogens is 222 g/mol. The Labute approximate surface area is 102 Å². The fourth-order valence-electron chi connectivity index (χ4n) is 1.11. The normalized spacial score (nSPS) is 15.5. The molecule has 0 saturated heterocycles. The van der Waals surface area contributed by atoms with Crippen LogP contribution in [0.25, 0.3) is 0 Å². The molecule has 5 heteroatoms. The highest BCUT2D eigenvalue weighted by Gasteiger charge is 2.39. The lowest BCUT2D eigenvalue weighted by Gasteiger charge is -2.29. The predicted octanol–water partition coefficient (Wildman–Crippen LogP) is 1.97. The summed E-state index contributed by atoms with van der Waals surface area (Å²) < 4.78 is 0. The Bertz CT molecular complexity index is 293. The van der Waals surface area contributed by atoms with Crippen LogP contribution in [0, 0.1) is 11.3 Å². The largest absolute Gasteiger partial charge is 0.481 e. The maximum atomic E-state index is 11.6. The number of carbonyl (C=O) groups is 2. The lowest BCUT2D eigenvalue weighted by Crippen LogP contribution is -2.41. The lowest BCUT2D eigenvalue weighted by molar-refractivity contribution is -0.159. The molecule has 100 valence electrons. The molecule has 1 unspecified atom stereocenters. The van der Waals surface area contributed by atoms with Crippen molar-refractivity contribution >= 4 is 11.9 Å². The summed E-state index contributed by atoms with van der Waals surface area (Å²) in [7, 11) is 0. The van der Waals surface area contributed by atoms with Crippen molar-refractivity contribution in [1.29, 1.82) is 0 Å². The second kappa shape index (κ2) is 5.49. The first-order chi connectivity index (χ1) is 7.49. The van der Waals surface area contributed by atoms with Gasteiger partial charge in [0.1, 0.15) is 0 Å². The van der Waals surface area contributed by atoms with Crippen molar-refractivity contribution in [1.82, 2.24) is 5.48 Å². The summed E-state index contributed by atoms with van der Waals surface area (Å²) in [6, 6.07) is 0. The molecule has 17 heavy (non-hydrogen) atoms. The van der Waals surface area contributed by atoms with Crippen LogP contribution in [0.4, 0.5) is 0 Å². The van der Waals surface area contributed by atoms with Crippen molar-refractivity contribution in [3.05, 3.63) is 0 Å². The summed E-state index contributed by atoms with van der Waals surface area (Å²) in [5.41, 5.74) is 0.715. The molecule has 0 radical (unpaired) electrons. The molecule has 2 N–H and O–H groups in total. The van der Waals surface area contributed by atoms with Gasteiger partial charge in [-0.15, -0.1) is 0 Å². The minimum absolute atomic E-state index is 0.101. The average molecular weight is 245 g/mol. The lowest BCUT2D eigenvalue weighted by atomic mass is 9.76. The Hall–Kier alpha value is -1.10. The third-order valence-electron chi connectivity index (χ3n) is 2.76. The number of carboxylic acids is 1. The van der Waals surface area contributed by atoms with E-state index < -0.39 is 22.9 Å². The van der Waals surface area contributed by atoms with E-state index in [1.165, 1.54) is 0 Å². The van der Waals surface area contributed by atoms with E-state index in [0.29, 0.717) is 0 Å². The van der Waals surface area contributed by atoms with E-state index in [1.54, 1.807) is 41.5 Å². The monoisotopic (exact) mass is 245 g/mol. The number of rotatable bonds is 5. The summed E-state index contributed by atoms with van der Waals surface area (Å²) in [4.78, 5) is 27.9. The van der Waals surface area contributed by atoms with E-state index in [-0.39, 0.29) is 12.3 Å². The van der Waals surface area contributed by atoms with Crippen LogP contribution in [0.15, 0.2) is 0 Å². The zero-order chi connectivity index (χ0) is 13.9. The van der Waals surface area contributed by atoms with Crippen LogP contribution in [0.3, 0.4) is 0 Å². The zero-order valence-electron chi connectivity index (χ0n) is 11.5. The van der Waals surface area contributed by atoms with Gasteiger partial charge in [-0.25, -0.2) is 5.48 Å². The standard InChI is InChI=1S/C12H23NO4/c1-8(2)12(6,10(15)16)7-9(14)13-17-11(3,4)5/h8H,7H2,1-6H3,(H,13,14)(H,15,16). The van der Waals surface area contributed by atoms with E-state index in [9.17, 15) is 9.59 Å². The zero-order valence-corrected chi connectivity index (χ0v) is 11.5. The topological polar surface area (TPSA) is 75.6 Å². The quantitative estimate of drug-likeness (QED) is 0.726. The molecule has 1 atom stereocenters. The van der Waals surface area contributed by atoms with Gasteiger partial charge in [0.2, 0.25) is 5.91 Å². The first kappa shape index (κ1) is 15.9. The Kier molecular flexibility index (Phi) is 5.13. The van der Waals surface area contributed by atoms with Crippen molar-refractivity contribution in [2.45, 2.75) is 53.6 Å². The van der Waals surface area contributed by atoms with E-state index >= 15 is 0 Å². The van der Waals surface area contributed by atoms with Gasteiger partial charge in [-0.05, 0) is 33.6 Å². The minimum Gasteiger partial charge on any atom is -0.481 e. The van der Waals surface area contributed by atoms with Crippen LogP contribution >= 0.6 is 0 Å². The van der Waals surface area contributed by atoms with Crippen LogP contribution in [0.1, 0.15) is 48.0 Å². The number of nitrogens with one attached hydrogen (secondary N) is 1. The number of hydrogen-bond acceptors (Lipinski definition) is 3. The second-order valence-corrected chi connectivity index (χ2v) is 5.79. The first-order valence-corrected chi connectivity index (χ1v) is 5.69. The summed E-state index contributed by atoms with van der Waals surface area (Å²) in [5.74, 6) is -1.53. The van der Waals surface area contributed by atoms with Crippen LogP contribution in [-0.4, -0.2) is 22.6 Å². The highest BCUT2D eigenvalue weighted by molar-refractivity contribution is 5.84. The Morgan fingerprint density at radius 2 is 1.71 bits per heavy atom. The van der Waals surface area contributed by atoms with E-state index in [1.807, 2.05) is 0 Å². The molecular formula is C12H23NO4. The number of carboxylic acid groups (broad SMARTS) is 1. The van der Waals surface area contributed by atoms with Crippen molar-refractivity contribution in [2.75, 3.05) is 0 Å². The number of amides is 1. The van der Waals surface area contributed by atoms with E-state index in [2.05, 4.69) is 5.48 Å². The van der Waals surface area contributed by atoms with Gasteiger partial charge in [0.05, 0.1) is 11.0 Å². The van der Waals surface area contributed by atoms with E-state index in [4.69, 9.17) is 9.94 Å². The molecule has 1 amide bonds. The Morgan fingerprint density at radius 3 is 2.00 bits per heavy atom. The molecule has 0 aromatic carbocycles. The molecule has 0 aliphatic heterocycles. The number of hydrogen-bond donors (Lipinski definition) is 2. The highest BCUT2D eigenvalue weighted by Crippen LogP contribution is 2.31. The fourth-order valence-corrected chi connectivity index (χ4v) is 1.11. The third kappa shape index (κ3) is 5.17. The van der Waals surface area contributed by atoms with Crippen molar-refractivity contribution in [3.63, 3.8) is 0 Å². The van der Waals surface area contributed by atoms with Gasteiger partial charge in [-0.3, -0.25) is 14.4 Å². The molecule has 0 aromatic heterocycles. The van der Waals surface area contributed by atoms with Crippen LogP contribution < -0.4 is 5.48 Å². The average Bonchev–Trinajstić information content (AvgIpc) is 2.12. The molecule has 0 fully saturated rings. The summed E-state index contributed by atoms with van der Waals surface area (Å²) in [5, 5.41) is 9.16. The van der Waals surface area contributed by atoms with Crippen molar-refractivity contribution in [3.8, 4) is 0 Å². The summed E-state index contributed by atoms with van der Waals surface area (Å²) in [6.45, 7) is 10.5. The minimum atomic E-state index is -1.08. The van der Waals surface area contributed by atoms with Crippen molar-refractivity contribution < 1.29 is 19.5 Å². The Morgan fingerprint density at radius 1 is 1.24 bits per heavy atom. The van der Waals surface area contributed by atoms with Gasteiger partial charge >= 0.3 is 5.97 Å². The number of hydroxylamine groups is 1. The second-order valence-electron chi connectivity index (χ2n) is 5.79. The summed E-state index contributed by atoms with van der Waals surface area (Å²) >= 11 is 0. The SMILES string of the molecule is CC(C)C(C)(CC(=O)NOC(C)(C)C)C(=O)O. The van der Waals surface area contributed by atoms with Crippen molar-refractivity contribution in [2.24, 2.45) is 11.3 Å². The molecule has 0 rings (SSSR count). The predicted molar refractivity (Wildman–Crippen MR) is 64.2 cm³/mol. The van der Waals surface area contributed by atoms with Gasteiger partial charge in [0.15, 0.2) is 0 Å². The van der Waals surface area contributed by atoms with Crippen LogP contribution in [0.2, 0.25) is 0 Å². The van der Waals surface area contributed by atoms with Gasteiger partial charge in [0, 0.05) is 6.42 Å². The first-order valence-electron chi connectivity index (χ1n) is 5.69. The fraction of sp³-hybridized carbons (Fsp3) is 0.833. The smallest absolute Gasteiger partial charge is 0.310 e. The van der Waals surface area contributed by atoms with E-state index in [0.717, 1.165) is 0 Å².